The average molecular weight is 339 g/mol. The number of fused-ring (bicyclic) bond motifs is 1. The molecule has 3 rings (SSSR count). The number of carbonyl (C=O) groups excluding carboxylic acids is 1. The quantitative estimate of drug-likeness (QED) is 0.667. The number of carboxylic acids is 1. The Morgan fingerprint density at radius 3 is 2.58 bits per heavy atom. The van der Waals surface area contributed by atoms with Gasteiger partial charge in [0.25, 0.3) is 5.91 Å². The first-order valence-corrected chi connectivity index (χ1v) is 6.37. The van der Waals surface area contributed by atoms with Gasteiger partial charge in [-0.2, -0.15) is 18.3 Å². The Morgan fingerprint density at radius 1 is 1.29 bits per heavy atom. The number of nitrogens with one attached hydrogen (secondary N) is 1. The van der Waals surface area contributed by atoms with Gasteiger partial charge in [-0.15, -0.1) is 0 Å². The lowest BCUT2D eigenvalue weighted by molar-refractivity contribution is -0.141. The van der Waals surface area contributed by atoms with Crippen molar-refractivity contribution in [3.05, 3.63) is 41.3 Å². The summed E-state index contributed by atoms with van der Waals surface area (Å²) in [6, 6.07) is 2.49. The zero-order valence-electron chi connectivity index (χ0n) is 11.6. The molecule has 3 aromatic heterocycles. The van der Waals surface area contributed by atoms with Crippen molar-refractivity contribution in [2.45, 2.75) is 6.18 Å². The van der Waals surface area contributed by atoms with E-state index in [0.717, 1.165) is 0 Å². The molecule has 124 valence electrons. The summed E-state index contributed by atoms with van der Waals surface area (Å²) in [5.41, 5.74) is 2.40. The van der Waals surface area contributed by atoms with E-state index in [1.54, 1.807) is 5.10 Å². The van der Waals surface area contributed by atoms with Crippen LogP contribution in [0.1, 0.15) is 26.4 Å². The molecule has 11 heteroatoms. The minimum Gasteiger partial charge on any atom is -0.478 e. The minimum atomic E-state index is -4.92. The fourth-order valence-electron chi connectivity index (χ4n) is 2.34. The second-order valence-electron chi connectivity index (χ2n) is 4.74. The molecule has 8 nitrogen and oxygen atoms in total. The van der Waals surface area contributed by atoms with Gasteiger partial charge in [0, 0.05) is 12.4 Å². The summed E-state index contributed by atoms with van der Waals surface area (Å²) in [6.07, 6.45) is -2.27. The van der Waals surface area contributed by atoms with Crippen molar-refractivity contribution < 1.29 is 27.9 Å². The van der Waals surface area contributed by atoms with Gasteiger partial charge in [0.15, 0.2) is 5.69 Å². The number of primary amides is 1. The second kappa shape index (κ2) is 5.08. The summed E-state index contributed by atoms with van der Waals surface area (Å²) in [6.45, 7) is 0. The Kier molecular flexibility index (Phi) is 3.28. The number of amides is 1. The largest absolute Gasteiger partial charge is 0.478 e. The van der Waals surface area contributed by atoms with Crippen LogP contribution in [0.15, 0.2) is 24.5 Å². The highest BCUT2D eigenvalue weighted by Gasteiger charge is 2.40. The van der Waals surface area contributed by atoms with Crippen LogP contribution in [-0.2, 0) is 6.18 Å². The number of carbonyl (C=O) groups is 2. The number of hydrogen-bond acceptors (Lipinski definition) is 4. The summed E-state index contributed by atoms with van der Waals surface area (Å²) >= 11 is 0. The van der Waals surface area contributed by atoms with E-state index in [1.165, 1.54) is 28.9 Å². The fraction of sp³-hybridized carbons (Fsp3) is 0.0769. The van der Waals surface area contributed by atoms with E-state index >= 15 is 0 Å². The first-order chi connectivity index (χ1) is 11.2. The SMILES string of the molecule is NC(=O)c1ccc(-c2n[nH]c(C(F)(F)F)c2C(=O)O)n2ccnc12. The summed E-state index contributed by atoms with van der Waals surface area (Å²) in [5, 5.41) is 14.4. The monoisotopic (exact) mass is 339 g/mol. The molecule has 0 fully saturated rings. The van der Waals surface area contributed by atoms with Crippen LogP contribution < -0.4 is 5.73 Å². The number of aromatic carboxylic acids is 1. The molecule has 3 heterocycles. The standard InChI is InChI=1S/C13H8F3N5O3/c14-13(15,16)9-7(12(23)24)8(19-20-9)6-2-1-5(10(17)22)11-18-3-4-21(6)11/h1-4H,(H2,17,22)(H,19,20)(H,23,24). The molecule has 0 aliphatic heterocycles. The zero-order chi connectivity index (χ0) is 17.6. The number of carboxylic acid groups (broad SMARTS) is 1. The van der Waals surface area contributed by atoms with Crippen LogP contribution in [0.5, 0.6) is 0 Å². The van der Waals surface area contributed by atoms with Gasteiger partial charge < -0.3 is 10.8 Å². The highest BCUT2D eigenvalue weighted by atomic mass is 19.4. The van der Waals surface area contributed by atoms with E-state index in [2.05, 4.69) is 10.1 Å². The summed E-state index contributed by atoms with van der Waals surface area (Å²) in [5.74, 6) is -2.58. The Balaban J connectivity index is 2.32. The fourth-order valence-corrected chi connectivity index (χ4v) is 2.34. The van der Waals surface area contributed by atoms with Crippen LogP contribution in [-0.4, -0.2) is 36.6 Å². The van der Waals surface area contributed by atoms with Crippen LogP contribution in [0.4, 0.5) is 13.2 Å². The van der Waals surface area contributed by atoms with Crippen molar-refractivity contribution in [3.63, 3.8) is 0 Å². The molecule has 0 aromatic carbocycles. The van der Waals surface area contributed by atoms with Gasteiger partial charge in [-0.1, -0.05) is 0 Å². The molecule has 24 heavy (non-hydrogen) atoms. The van der Waals surface area contributed by atoms with Gasteiger partial charge in [-0.3, -0.25) is 14.3 Å². The van der Waals surface area contributed by atoms with Gasteiger partial charge in [0.1, 0.15) is 16.9 Å². The van der Waals surface area contributed by atoms with Crippen LogP contribution in [0, 0.1) is 0 Å². The second-order valence-corrected chi connectivity index (χ2v) is 4.74. The first kappa shape index (κ1) is 15.5. The van der Waals surface area contributed by atoms with Crippen molar-refractivity contribution in [1.29, 1.82) is 0 Å². The highest BCUT2D eigenvalue weighted by molar-refractivity contribution is 6.00. The lowest BCUT2D eigenvalue weighted by Crippen LogP contribution is -2.14. The molecule has 0 bridgehead atoms. The molecule has 3 aromatic rings. The van der Waals surface area contributed by atoms with Crippen molar-refractivity contribution in [3.8, 4) is 11.4 Å². The third-order valence-corrected chi connectivity index (χ3v) is 3.32. The maximum atomic E-state index is 12.9. The van der Waals surface area contributed by atoms with Crippen LogP contribution in [0.3, 0.4) is 0 Å². The number of halogens is 3. The Morgan fingerprint density at radius 2 is 2.00 bits per heavy atom. The molecule has 0 aliphatic carbocycles. The van der Waals surface area contributed by atoms with Crippen molar-refractivity contribution in [2.24, 2.45) is 5.73 Å². The molecule has 0 saturated carbocycles. The van der Waals surface area contributed by atoms with Crippen LogP contribution in [0.2, 0.25) is 0 Å². The topological polar surface area (TPSA) is 126 Å². The number of nitrogens with zero attached hydrogens (tertiary/aromatic N) is 3. The Labute approximate surface area is 130 Å². The van der Waals surface area contributed by atoms with Gasteiger partial charge >= 0.3 is 12.1 Å². The predicted molar refractivity (Wildman–Crippen MR) is 73.3 cm³/mol. The van der Waals surface area contributed by atoms with E-state index in [1.807, 2.05) is 0 Å². The lowest BCUT2D eigenvalue weighted by Gasteiger charge is -2.08. The highest BCUT2D eigenvalue weighted by Crippen LogP contribution is 2.35. The summed E-state index contributed by atoms with van der Waals surface area (Å²) in [4.78, 5) is 26.6. The van der Waals surface area contributed by atoms with Gasteiger partial charge in [0.2, 0.25) is 0 Å². The molecule has 0 radical (unpaired) electrons. The van der Waals surface area contributed by atoms with Crippen molar-refractivity contribution >= 4 is 17.5 Å². The summed E-state index contributed by atoms with van der Waals surface area (Å²) in [7, 11) is 0. The van der Waals surface area contributed by atoms with Crippen molar-refractivity contribution in [2.75, 3.05) is 0 Å². The maximum absolute atomic E-state index is 12.9. The molecular weight excluding hydrogens is 331 g/mol. The van der Waals surface area contributed by atoms with E-state index < -0.39 is 35.0 Å². The molecule has 0 saturated heterocycles. The lowest BCUT2D eigenvalue weighted by atomic mass is 10.1. The number of aromatic amines is 1. The number of pyridine rings is 1. The number of rotatable bonds is 3. The van der Waals surface area contributed by atoms with Gasteiger partial charge in [-0.25, -0.2) is 9.78 Å². The van der Waals surface area contributed by atoms with E-state index in [-0.39, 0.29) is 16.9 Å². The maximum Gasteiger partial charge on any atom is 0.433 e. The molecule has 1 amide bonds. The predicted octanol–water partition coefficient (Wildman–Crippen LogP) is 1.54. The Hall–Kier alpha value is -3.37. The number of imidazole rings is 1. The molecule has 0 aliphatic rings. The van der Waals surface area contributed by atoms with Crippen LogP contribution >= 0.6 is 0 Å². The van der Waals surface area contributed by atoms with Crippen LogP contribution in [0.25, 0.3) is 17.0 Å². The molecule has 0 atom stereocenters. The van der Waals surface area contributed by atoms with E-state index in [0.29, 0.717) is 0 Å². The van der Waals surface area contributed by atoms with Gasteiger partial charge in [0.05, 0.1) is 11.3 Å². The molecule has 4 N–H and O–H groups in total. The zero-order valence-corrected chi connectivity index (χ0v) is 11.6. The third-order valence-electron chi connectivity index (χ3n) is 3.32. The molecule has 0 unspecified atom stereocenters. The molecular formula is C13H8F3N5O3. The summed E-state index contributed by atoms with van der Waals surface area (Å²) < 4.78 is 40.1. The van der Waals surface area contributed by atoms with E-state index in [9.17, 15) is 22.8 Å². The first-order valence-electron chi connectivity index (χ1n) is 6.37. The Bertz CT molecular complexity index is 973. The van der Waals surface area contributed by atoms with Crippen molar-refractivity contribution in [1.82, 2.24) is 19.6 Å². The number of nitrogens with two attached hydrogens (primary N) is 1. The average Bonchev–Trinajstić information content (AvgIpc) is 3.12. The third kappa shape index (κ3) is 2.26. The number of H-pyrrole nitrogens is 1. The van der Waals surface area contributed by atoms with E-state index in [4.69, 9.17) is 10.8 Å². The number of aromatic nitrogens is 4. The normalized spacial score (nSPS) is 11.8. The smallest absolute Gasteiger partial charge is 0.433 e. The number of alkyl halides is 3. The minimum absolute atomic E-state index is 0.0108. The number of hydrogen-bond donors (Lipinski definition) is 3. The molecule has 0 spiro atoms. The van der Waals surface area contributed by atoms with Gasteiger partial charge in [-0.05, 0) is 12.1 Å².